The minimum absolute atomic E-state index is 0.0507. The maximum Gasteiger partial charge on any atom is 0.224 e. The topological polar surface area (TPSA) is 72.4 Å². The monoisotopic (exact) mass is 438 g/mol. The van der Waals surface area contributed by atoms with E-state index in [1.54, 1.807) is 0 Å². The molecule has 0 spiro atoms. The van der Waals surface area contributed by atoms with E-state index in [1.807, 2.05) is 65.8 Å². The van der Waals surface area contributed by atoms with Crippen LogP contribution in [0.15, 0.2) is 42.5 Å². The predicted molar refractivity (Wildman–Crippen MR) is 121 cm³/mol. The number of carbonyl (C=O) groups is 1. The Morgan fingerprint density at radius 1 is 1.19 bits per heavy atom. The van der Waals surface area contributed by atoms with Crippen LogP contribution in [0.25, 0.3) is 11.4 Å². The minimum Gasteiger partial charge on any atom is -0.486 e. The summed E-state index contributed by atoms with van der Waals surface area (Å²) in [6.07, 6.45) is 0.326. The highest BCUT2D eigenvalue weighted by Crippen LogP contribution is 2.34. The molecule has 162 valence electrons. The fraction of sp³-hybridized carbons (Fsp3) is 0.348. The molecule has 1 aliphatic rings. The molecule has 3 aromatic rings. The lowest BCUT2D eigenvalue weighted by Crippen LogP contribution is -2.31. The number of amides is 1. The molecule has 0 bridgehead atoms. The Balaban J connectivity index is 1.47. The van der Waals surface area contributed by atoms with Crippen LogP contribution in [0.1, 0.15) is 24.5 Å². The van der Waals surface area contributed by atoms with E-state index >= 15 is 0 Å². The van der Waals surface area contributed by atoms with Gasteiger partial charge in [-0.05, 0) is 32.1 Å². The van der Waals surface area contributed by atoms with E-state index in [2.05, 4.69) is 10.2 Å². The van der Waals surface area contributed by atoms with Crippen LogP contribution >= 0.6 is 12.2 Å². The maximum absolute atomic E-state index is 13.0. The number of aromatic amines is 1. The Kier molecular flexibility index (Phi) is 6.36. The van der Waals surface area contributed by atoms with Crippen LogP contribution in [0.4, 0.5) is 0 Å². The molecule has 7 nitrogen and oxygen atoms in total. The van der Waals surface area contributed by atoms with Crippen molar-refractivity contribution >= 4 is 18.1 Å². The number of H-pyrrole nitrogens is 1. The Morgan fingerprint density at radius 2 is 1.97 bits per heavy atom. The number of benzene rings is 2. The number of nitrogens with zero attached hydrogens (tertiary/aromatic N) is 3. The fourth-order valence-corrected chi connectivity index (χ4v) is 3.88. The highest BCUT2D eigenvalue weighted by molar-refractivity contribution is 7.71. The molecule has 31 heavy (non-hydrogen) atoms. The highest BCUT2D eigenvalue weighted by atomic mass is 32.1. The molecule has 0 aliphatic carbocycles. The average Bonchev–Trinajstić information content (AvgIpc) is 3.16. The van der Waals surface area contributed by atoms with Gasteiger partial charge in [-0.1, -0.05) is 42.0 Å². The second-order valence-corrected chi connectivity index (χ2v) is 7.86. The van der Waals surface area contributed by atoms with Gasteiger partial charge in [-0.3, -0.25) is 14.5 Å². The maximum atomic E-state index is 13.0. The van der Waals surface area contributed by atoms with E-state index in [0.29, 0.717) is 44.0 Å². The normalized spacial score (nSPS) is 12.6. The average molecular weight is 439 g/mol. The van der Waals surface area contributed by atoms with Crippen LogP contribution < -0.4 is 9.47 Å². The van der Waals surface area contributed by atoms with Gasteiger partial charge < -0.3 is 14.4 Å². The Bertz CT molecular complexity index is 1120. The third kappa shape index (κ3) is 4.64. The first-order chi connectivity index (χ1) is 15.1. The molecule has 1 aromatic heterocycles. The summed E-state index contributed by atoms with van der Waals surface area (Å²) in [5, 5.41) is 7.22. The number of carbonyl (C=O) groups excluding carboxylic acids is 1. The Labute approximate surface area is 186 Å². The van der Waals surface area contributed by atoms with Crippen molar-refractivity contribution in [2.45, 2.75) is 33.4 Å². The van der Waals surface area contributed by atoms with Crippen LogP contribution in [0.3, 0.4) is 0 Å². The summed E-state index contributed by atoms with van der Waals surface area (Å²) < 4.78 is 13.8. The first-order valence-corrected chi connectivity index (χ1v) is 10.8. The van der Waals surface area contributed by atoms with Crippen molar-refractivity contribution in [3.05, 3.63) is 58.4 Å². The van der Waals surface area contributed by atoms with Crippen molar-refractivity contribution in [1.82, 2.24) is 19.7 Å². The molecule has 2 heterocycles. The number of nitrogens with one attached hydrogen (secondary N) is 1. The molecule has 0 unspecified atom stereocenters. The van der Waals surface area contributed by atoms with Gasteiger partial charge in [0.1, 0.15) is 13.2 Å². The summed E-state index contributed by atoms with van der Waals surface area (Å²) in [6, 6.07) is 13.9. The largest absolute Gasteiger partial charge is 0.486 e. The summed E-state index contributed by atoms with van der Waals surface area (Å²) in [5.41, 5.74) is 3.09. The van der Waals surface area contributed by atoms with Gasteiger partial charge in [0, 0.05) is 37.2 Å². The van der Waals surface area contributed by atoms with Gasteiger partial charge in [0.15, 0.2) is 22.1 Å². The van der Waals surface area contributed by atoms with Gasteiger partial charge in [0.05, 0.1) is 0 Å². The number of rotatable bonds is 7. The van der Waals surface area contributed by atoms with Gasteiger partial charge in [-0.15, -0.1) is 0 Å². The summed E-state index contributed by atoms with van der Waals surface area (Å²) in [4.78, 5) is 14.8. The van der Waals surface area contributed by atoms with E-state index < -0.39 is 0 Å². The van der Waals surface area contributed by atoms with Crippen molar-refractivity contribution in [3.8, 4) is 22.9 Å². The number of hydrogen-bond donors (Lipinski definition) is 1. The highest BCUT2D eigenvalue weighted by Gasteiger charge is 2.20. The second-order valence-electron chi connectivity index (χ2n) is 7.47. The minimum atomic E-state index is 0.0507. The number of fused-ring (bicyclic) bond motifs is 1. The third-order valence-corrected chi connectivity index (χ3v) is 5.67. The molecule has 1 N–H and O–H groups in total. The molecule has 8 heteroatoms. The van der Waals surface area contributed by atoms with E-state index in [-0.39, 0.29) is 5.91 Å². The van der Waals surface area contributed by atoms with Crippen LogP contribution in [-0.2, 0) is 17.9 Å². The van der Waals surface area contributed by atoms with E-state index in [1.165, 1.54) is 5.56 Å². The first-order valence-electron chi connectivity index (χ1n) is 10.4. The van der Waals surface area contributed by atoms with Gasteiger partial charge in [0.25, 0.3) is 0 Å². The zero-order valence-electron chi connectivity index (χ0n) is 17.8. The van der Waals surface area contributed by atoms with Crippen molar-refractivity contribution < 1.29 is 14.3 Å². The SMILES string of the molecule is CCN(Cc1cccc2c1OCCO2)C(=O)CCn1c(-c2ccc(C)cc2)n[nH]c1=S. The molecule has 0 saturated heterocycles. The Hall–Kier alpha value is -3.13. The van der Waals surface area contributed by atoms with Crippen LogP contribution in [0.5, 0.6) is 11.5 Å². The molecular formula is C23H26N4O3S. The first kappa shape index (κ1) is 21.1. The predicted octanol–water partition coefficient (Wildman–Crippen LogP) is 4.13. The van der Waals surface area contributed by atoms with Crippen molar-refractivity contribution in [3.63, 3.8) is 0 Å². The quantitative estimate of drug-likeness (QED) is 0.562. The lowest BCUT2D eigenvalue weighted by molar-refractivity contribution is -0.131. The number of para-hydroxylation sites is 1. The molecule has 0 fully saturated rings. The molecule has 0 saturated carbocycles. The van der Waals surface area contributed by atoms with Gasteiger partial charge in [-0.25, -0.2) is 0 Å². The van der Waals surface area contributed by atoms with Gasteiger partial charge >= 0.3 is 0 Å². The zero-order valence-corrected chi connectivity index (χ0v) is 18.6. The number of aromatic nitrogens is 3. The van der Waals surface area contributed by atoms with Crippen molar-refractivity contribution in [2.75, 3.05) is 19.8 Å². The van der Waals surface area contributed by atoms with Crippen molar-refractivity contribution in [1.29, 1.82) is 0 Å². The summed E-state index contributed by atoms with van der Waals surface area (Å²) in [7, 11) is 0. The fourth-order valence-electron chi connectivity index (χ4n) is 3.65. The third-order valence-electron chi connectivity index (χ3n) is 5.36. The molecule has 0 radical (unpaired) electrons. The summed E-state index contributed by atoms with van der Waals surface area (Å²) >= 11 is 5.41. The second kappa shape index (κ2) is 9.34. The smallest absolute Gasteiger partial charge is 0.224 e. The number of aryl methyl sites for hydroxylation is 1. The summed E-state index contributed by atoms with van der Waals surface area (Å²) in [5.74, 6) is 2.26. The van der Waals surface area contributed by atoms with E-state index in [0.717, 1.165) is 28.5 Å². The molecule has 1 aliphatic heterocycles. The van der Waals surface area contributed by atoms with E-state index in [9.17, 15) is 4.79 Å². The zero-order chi connectivity index (χ0) is 21.8. The number of ether oxygens (including phenoxy) is 2. The van der Waals surface area contributed by atoms with Crippen LogP contribution in [0.2, 0.25) is 0 Å². The van der Waals surface area contributed by atoms with E-state index in [4.69, 9.17) is 21.7 Å². The molecule has 2 aromatic carbocycles. The van der Waals surface area contributed by atoms with Crippen LogP contribution in [-0.4, -0.2) is 45.3 Å². The summed E-state index contributed by atoms with van der Waals surface area (Å²) in [6.45, 7) is 6.62. The standard InChI is InChI=1S/C23H26N4O3S/c1-3-26(15-18-5-4-6-19-21(18)30-14-13-29-19)20(28)11-12-27-22(24-25-23(27)31)17-9-7-16(2)8-10-17/h4-10H,3,11-15H2,1-2H3,(H,25,31). The van der Waals surface area contributed by atoms with Gasteiger partial charge in [0.2, 0.25) is 5.91 Å². The van der Waals surface area contributed by atoms with Crippen molar-refractivity contribution in [2.24, 2.45) is 0 Å². The molecular weight excluding hydrogens is 412 g/mol. The molecule has 0 atom stereocenters. The van der Waals surface area contributed by atoms with Crippen LogP contribution in [0, 0.1) is 11.7 Å². The lowest BCUT2D eigenvalue weighted by atomic mass is 10.1. The number of hydrogen-bond acceptors (Lipinski definition) is 5. The molecule has 4 rings (SSSR count). The molecule has 1 amide bonds. The van der Waals surface area contributed by atoms with Gasteiger partial charge in [-0.2, -0.15) is 5.10 Å². The Morgan fingerprint density at radius 3 is 2.74 bits per heavy atom. The lowest BCUT2D eigenvalue weighted by Gasteiger charge is -2.25.